The van der Waals surface area contributed by atoms with E-state index in [0.717, 1.165) is 5.56 Å². The summed E-state index contributed by atoms with van der Waals surface area (Å²) in [6.45, 7) is 2.86. The molecule has 0 aliphatic heterocycles. The number of carbonyl (C=O) groups excluding carboxylic acids is 4. The van der Waals surface area contributed by atoms with Crippen LogP contribution < -0.4 is 5.32 Å². The number of Topliss-reactive ketones (excluding diaryl/α,β-unsaturated/α-hetero) is 1. The molecule has 31 heavy (non-hydrogen) atoms. The molecule has 0 saturated heterocycles. The van der Waals surface area contributed by atoms with Gasteiger partial charge in [0.15, 0.2) is 18.2 Å². The van der Waals surface area contributed by atoms with Crippen LogP contribution in [0.15, 0.2) is 72.8 Å². The molecule has 3 aromatic carbocycles. The number of nitrogens with one attached hydrogen (secondary N) is 1. The molecule has 6 nitrogen and oxygen atoms in total. The summed E-state index contributed by atoms with van der Waals surface area (Å²) < 4.78 is 5.11. The predicted octanol–water partition coefficient (Wildman–Crippen LogP) is 4.22. The highest BCUT2D eigenvalue weighted by Crippen LogP contribution is 2.17. The van der Waals surface area contributed by atoms with E-state index in [4.69, 9.17) is 4.74 Å². The Morgan fingerprint density at radius 2 is 1.35 bits per heavy atom. The van der Waals surface area contributed by atoms with Crippen LogP contribution in [-0.2, 0) is 9.53 Å². The normalized spacial score (nSPS) is 10.3. The standard InChI is InChI=1S/C25H21NO5/c1-16-7-9-19(10-8-16)24(29)21-5-3-4-6-22(21)25(30)31-15-23(28)26-20-13-11-18(12-14-20)17(2)27/h3-14H,15H2,1-2H3,(H,26,28). The van der Waals surface area contributed by atoms with Crippen molar-refractivity contribution in [1.29, 1.82) is 0 Å². The molecule has 0 unspecified atom stereocenters. The Hall–Kier alpha value is -4.06. The Morgan fingerprint density at radius 3 is 1.97 bits per heavy atom. The average Bonchev–Trinajstić information content (AvgIpc) is 2.78. The first-order valence-electron chi connectivity index (χ1n) is 9.63. The lowest BCUT2D eigenvalue weighted by molar-refractivity contribution is -0.119. The molecule has 6 heteroatoms. The zero-order valence-corrected chi connectivity index (χ0v) is 17.2. The van der Waals surface area contributed by atoms with Gasteiger partial charge in [-0.3, -0.25) is 14.4 Å². The number of benzene rings is 3. The largest absolute Gasteiger partial charge is 0.452 e. The van der Waals surface area contributed by atoms with Gasteiger partial charge in [0.25, 0.3) is 5.91 Å². The summed E-state index contributed by atoms with van der Waals surface area (Å²) in [7, 11) is 0. The first kappa shape index (κ1) is 21.6. The third-order valence-electron chi connectivity index (χ3n) is 4.61. The number of carbonyl (C=O) groups is 4. The quantitative estimate of drug-likeness (QED) is 0.461. The van der Waals surface area contributed by atoms with E-state index in [1.54, 1.807) is 54.6 Å². The first-order chi connectivity index (χ1) is 14.8. The van der Waals surface area contributed by atoms with Crippen LogP contribution in [0.1, 0.15) is 49.1 Å². The third kappa shape index (κ3) is 5.51. The van der Waals surface area contributed by atoms with E-state index in [-0.39, 0.29) is 22.7 Å². The number of esters is 1. The molecule has 3 rings (SSSR count). The SMILES string of the molecule is CC(=O)c1ccc(NC(=O)COC(=O)c2ccccc2C(=O)c2ccc(C)cc2)cc1. The summed E-state index contributed by atoms with van der Waals surface area (Å²) in [6.07, 6.45) is 0. The lowest BCUT2D eigenvalue weighted by atomic mass is 9.98. The van der Waals surface area contributed by atoms with Crippen LogP contribution in [-0.4, -0.2) is 30.0 Å². The molecule has 3 aromatic rings. The highest BCUT2D eigenvalue weighted by Gasteiger charge is 2.20. The summed E-state index contributed by atoms with van der Waals surface area (Å²) in [5.41, 5.74) is 2.77. The van der Waals surface area contributed by atoms with Crippen LogP contribution in [0.2, 0.25) is 0 Å². The van der Waals surface area contributed by atoms with Crippen LogP contribution >= 0.6 is 0 Å². The molecule has 0 heterocycles. The third-order valence-corrected chi connectivity index (χ3v) is 4.61. The number of ether oxygens (including phenoxy) is 1. The van der Waals surface area contributed by atoms with Gasteiger partial charge in [-0.15, -0.1) is 0 Å². The summed E-state index contributed by atoms with van der Waals surface area (Å²) in [5.74, 6) is -1.68. The van der Waals surface area contributed by atoms with E-state index in [9.17, 15) is 19.2 Å². The van der Waals surface area contributed by atoms with Crippen molar-refractivity contribution in [3.8, 4) is 0 Å². The van der Waals surface area contributed by atoms with Gasteiger partial charge >= 0.3 is 5.97 Å². The molecule has 1 N–H and O–H groups in total. The Bertz CT molecular complexity index is 1130. The van der Waals surface area contributed by atoms with Crippen LogP contribution in [0.3, 0.4) is 0 Å². The zero-order chi connectivity index (χ0) is 22.4. The molecule has 0 fully saturated rings. The molecule has 0 aliphatic rings. The van der Waals surface area contributed by atoms with Gasteiger partial charge in [0.2, 0.25) is 0 Å². The smallest absolute Gasteiger partial charge is 0.339 e. The van der Waals surface area contributed by atoms with Gasteiger partial charge in [0, 0.05) is 22.4 Å². The molecule has 1 amide bonds. The minimum absolute atomic E-state index is 0.0781. The predicted molar refractivity (Wildman–Crippen MR) is 116 cm³/mol. The Morgan fingerprint density at radius 1 is 0.774 bits per heavy atom. The van der Waals surface area contributed by atoms with Crippen LogP contribution in [0, 0.1) is 6.92 Å². The number of aryl methyl sites for hydroxylation is 1. The highest BCUT2D eigenvalue weighted by atomic mass is 16.5. The van der Waals surface area contributed by atoms with Crippen molar-refractivity contribution >= 4 is 29.1 Å². The van der Waals surface area contributed by atoms with Crippen molar-refractivity contribution in [3.05, 3.63) is 101 Å². The number of amides is 1. The second kappa shape index (κ2) is 9.63. The molecule has 0 spiro atoms. The number of anilines is 1. The number of ketones is 2. The van der Waals surface area contributed by atoms with E-state index in [1.807, 2.05) is 19.1 Å². The Kier molecular flexibility index (Phi) is 6.72. The minimum atomic E-state index is -0.766. The van der Waals surface area contributed by atoms with Gasteiger partial charge < -0.3 is 10.1 Å². The molecule has 0 aliphatic carbocycles. The van der Waals surface area contributed by atoms with E-state index < -0.39 is 18.5 Å². The lowest BCUT2D eigenvalue weighted by Crippen LogP contribution is -2.22. The zero-order valence-electron chi connectivity index (χ0n) is 17.2. The van der Waals surface area contributed by atoms with E-state index in [0.29, 0.717) is 16.8 Å². The summed E-state index contributed by atoms with van der Waals surface area (Å²) in [5, 5.41) is 2.59. The molecule has 0 bridgehead atoms. The molecule has 0 aromatic heterocycles. The summed E-state index contributed by atoms with van der Waals surface area (Å²) >= 11 is 0. The van der Waals surface area contributed by atoms with E-state index in [1.165, 1.54) is 13.0 Å². The second-order valence-corrected chi connectivity index (χ2v) is 7.00. The van der Waals surface area contributed by atoms with Gasteiger partial charge in [-0.05, 0) is 44.2 Å². The van der Waals surface area contributed by atoms with Crippen LogP contribution in [0.25, 0.3) is 0 Å². The van der Waals surface area contributed by atoms with E-state index in [2.05, 4.69) is 5.32 Å². The molecular formula is C25H21NO5. The molecular weight excluding hydrogens is 394 g/mol. The Balaban J connectivity index is 1.65. The topological polar surface area (TPSA) is 89.5 Å². The molecule has 0 atom stereocenters. The average molecular weight is 415 g/mol. The van der Waals surface area contributed by atoms with Crippen molar-refractivity contribution < 1.29 is 23.9 Å². The van der Waals surface area contributed by atoms with Gasteiger partial charge in [-0.2, -0.15) is 0 Å². The maximum absolute atomic E-state index is 12.8. The monoisotopic (exact) mass is 415 g/mol. The highest BCUT2D eigenvalue weighted by molar-refractivity contribution is 6.14. The van der Waals surface area contributed by atoms with Crippen molar-refractivity contribution in [2.75, 3.05) is 11.9 Å². The van der Waals surface area contributed by atoms with Crippen LogP contribution in [0.5, 0.6) is 0 Å². The molecule has 156 valence electrons. The molecule has 0 saturated carbocycles. The van der Waals surface area contributed by atoms with Gasteiger partial charge in [0.05, 0.1) is 5.56 Å². The number of hydrogen-bond donors (Lipinski definition) is 1. The maximum Gasteiger partial charge on any atom is 0.339 e. The lowest BCUT2D eigenvalue weighted by Gasteiger charge is -2.10. The minimum Gasteiger partial charge on any atom is -0.452 e. The van der Waals surface area contributed by atoms with Crippen molar-refractivity contribution in [2.24, 2.45) is 0 Å². The van der Waals surface area contributed by atoms with Gasteiger partial charge in [-0.1, -0.05) is 48.0 Å². The van der Waals surface area contributed by atoms with Crippen molar-refractivity contribution in [3.63, 3.8) is 0 Å². The van der Waals surface area contributed by atoms with Crippen LogP contribution in [0.4, 0.5) is 5.69 Å². The summed E-state index contributed by atoms with van der Waals surface area (Å²) in [6, 6.07) is 19.7. The fraction of sp³-hybridized carbons (Fsp3) is 0.120. The van der Waals surface area contributed by atoms with Gasteiger partial charge in [-0.25, -0.2) is 4.79 Å². The summed E-state index contributed by atoms with van der Waals surface area (Å²) in [4.78, 5) is 48.8. The van der Waals surface area contributed by atoms with Gasteiger partial charge in [0.1, 0.15) is 0 Å². The number of hydrogen-bond acceptors (Lipinski definition) is 5. The fourth-order valence-corrected chi connectivity index (χ4v) is 2.91. The molecule has 0 radical (unpaired) electrons. The second-order valence-electron chi connectivity index (χ2n) is 7.00. The van der Waals surface area contributed by atoms with E-state index >= 15 is 0 Å². The Labute approximate surface area is 179 Å². The van der Waals surface area contributed by atoms with Crippen molar-refractivity contribution in [1.82, 2.24) is 0 Å². The number of rotatable bonds is 7. The fourth-order valence-electron chi connectivity index (χ4n) is 2.91. The maximum atomic E-state index is 12.8. The first-order valence-corrected chi connectivity index (χ1v) is 9.63. The van der Waals surface area contributed by atoms with Crippen molar-refractivity contribution in [2.45, 2.75) is 13.8 Å².